The van der Waals surface area contributed by atoms with Crippen LogP contribution in [0.3, 0.4) is 0 Å². The van der Waals surface area contributed by atoms with Gasteiger partial charge >= 0.3 is 0 Å². The molecule has 0 aliphatic carbocycles. The Morgan fingerprint density at radius 2 is 2.14 bits per heavy atom. The highest BCUT2D eigenvalue weighted by molar-refractivity contribution is 9.10. The predicted molar refractivity (Wildman–Crippen MR) is 92.5 cm³/mol. The molecule has 0 amide bonds. The van der Waals surface area contributed by atoms with Crippen LogP contribution in [0.15, 0.2) is 34.9 Å². The second-order valence-electron chi connectivity index (χ2n) is 5.29. The van der Waals surface area contributed by atoms with Gasteiger partial charge in [0, 0.05) is 6.20 Å². The minimum Gasteiger partial charge on any atom is -0.265 e. The van der Waals surface area contributed by atoms with Gasteiger partial charge in [-0.15, -0.1) is 0 Å². The van der Waals surface area contributed by atoms with E-state index in [0.29, 0.717) is 23.3 Å². The number of unbranched alkanes of at least 4 members (excludes halogenated alkanes) is 1. The molecule has 0 saturated heterocycles. The van der Waals surface area contributed by atoms with Crippen LogP contribution in [0.2, 0.25) is 0 Å². The van der Waals surface area contributed by atoms with Crippen LogP contribution in [0.4, 0.5) is 5.82 Å². The minimum absolute atomic E-state index is 0.112. The molecule has 0 bridgehead atoms. The SMILES string of the molecule is CCCCS(=O)(=O)Nc1nn(Cc2cccc(C)c2)cc1Br. The number of hydrogen-bond donors (Lipinski definition) is 1. The Kier molecular flexibility index (Phi) is 5.63. The van der Waals surface area contributed by atoms with Crippen molar-refractivity contribution in [3.63, 3.8) is 0 Å². The van der Waals surface area contributed by atoms with Gasteiger partial charge in [0.1, 0.15) is 0 Å². The summed E-state index contributed by atoms with van der Waals surface area (Å²) in [5, 5.41) is 4.31. The van der Waals surface area contributed by atoms with Crippen LogP contribution in [0, 0.1) is 6.92 Å². The molecule has 22 heavy (non-hydrogen) atoms. The number of halogens is 1. The summed E-state index contributed by atoms with van der Waals surface area (Å²) in [6, 6.07) is 8.14. The highest BCUT2D eigenvalue weighted by atomic mass is 79.9. The molecular formula is C15H20BrN3O2S. The van der Waals surface area contributed by atoms with Crippen LogP contribution in [-0.2, 0) is 16.6 Å². The molecule has 0 unspecified atom stereocenters. The fourth-order valence-electron chi connectivity index (χ4n) is 2.08. The fourth-order valence-corrected chi connectivity index (χ4v) is 3.84. The van der Waals surface area contributed by atoms with Crippen LogP contribution < -0.4 is 4.72 Å². The molecular weight excluding hydrogens is 366 g/mol. The zero-order valence-electron chi connectivity index (χ0n) is 12.7. The van der Waals surface area contributed by atoms with Crippen molar-refractivity contribution in [3.8, 4) is 0 Å². The topological polar surface area (TPSA) is 64.0 Å². The molecule has 1 heterocycles. The van der Waals surface area contributed by atoms with Gasteiger partial charge in [0.25, 0.3) is 0 Å². The number of aryl methyl sites for hydroxylation is 1. The molecule has 7 heteroatoms. The fraction of sp³-hybridized carbons (Fsp3) is 0.400. The van der Waals surface area contributed by atoms with E-state index in [1.807, 2.05) is 32.0 Å². The van der Waals surface area contributed by atoms with Gasteiger partial charge in [-0.2, -0.15) is 5.10 Å². The van der Waals surface area contributed by atoms with E-state index in [-0.39, 0.29) is 5.75 Å². The van der Waals surface area contributed by atoms with Crippen LogP contribution >= 0.6 is 15.9 Å². The average Bonchev–Trinajstić information content (AvgIpc) is 2.76. The molecule has 0 aliphatic heterocycles. The number of benzene rings is 1. The largest absolute Gasteiger partial charge is 0.265 e. The smallest absolute Gasteiger partial charge is 0.233 e. The molecule has 1 aromatic heterocycles. The monoisotopic (exact) mass is 385 g/mol. The van der Waals surface area contributed by atoms with Gasteiger partial charge in [0.15, 0.2) is 5.82 Å². The van der Waals surface area contributed by atoms with Gasteiger partial charge in [0.05, 0.1) is 16.8 Å². The lowest BCUT2D eigenvalue weighted by molar-refractivity contribution is 0.597. The Balaban J connectivity index is 2.11. The van der Waals surface area contributed by atoms with Gasteiger partial charge in [-0.3, -0.25) is 9.40 Å². The average molecular weight is 386 g/mol. The maximum Gasteiger partial charge on any atom is 0.233 e. The minimum atomic E-state index is -3.34. The van der Waals surface area contributed by atoms with Crippen molar-refractivity contribution < 1.29 is 8.42 Å². The van der Waals surface area contributed by atoms with E-state index in [4.69, 9.17) is 0 Å². The summed E-state index contributed by atoms with van der Waals surface area (Å²) in [4.78, 5) is 0. The van der Waals surface area contributed by atoms with Gasteiger partial charge in [0.2, 0.25) is 10.0 Å². The number of sulfonamides is 1. The lowest BCUT2D eigenvalue weighted by Gasteiger charge is -2.05. The Hall–Kier alpha value is -1.34. The molecule has 0 saturated carbocycles. The molecule has 1 N–H and O–H groups in total. The van der Waals surface area contributed by atoms with Crippen LogP contribution in [-0.4, -0.2) is 24.0 Å². The second-order valence-corrected chi connectivity index (χ2v) is 7.98. The molecule has 2 aromatic rings. The second kappa shape index (κ2) is 7.28. The predicted octanol–water partition coefficient (Wildman–Crippen LogP) is 3.54. The lowest BCUT2D eigenvalue weighted by atomic mass is 10.1. The van der Waals surface area contributed by atoms with Crippen molar-refractivity contribution in [1.82, 2.24) is 9.78 Å². The van der Waals surface area contributed by atoms with Crippen molar-refractivity contribution >= 4 is 31.8 Å². The number of rotatable bonds is 7. The van der Waals surface area contributed by atoms with E-state index in [9.17, 15) is 8.42 Å². The standard InChI is InChI=1S/C15H20BrN3O2S/c1-3-4-8-22(20,21)18-15-14(16)11-19(17-15)10-13-7-5-6-12(2)9-13/h5-7,9,11H,3-4,8,10H2,1-2H3,(H,17,18). The van der Waals surface area contributed by atoms with E-state index in [0.717, 1.165) is 12.0 Å². The number of nitrogens with zero attached hydrogens (tertiary/aromatic N) is 2. The van der Waals surface area contributed by atoms with Crippen LogP contribution in [0.5, 0.6) is 0 Å². The molecule has 120 valence electrons. The summed E-state index contributed by atoms with van der Waals surface area (Å²) in [5.74, 6) is 0.449. The summed E-state index contributed by atoms with van der Waals surface area (Å²) in [6.07, 6.45) is 3.25. The normalized spacial score (nSPS) is 11.6. The third kappa shape index (κ3) is 4.84. The highest BCUT2D eigenvalue weighted by Crippen LogP contribution is 2.22. The van der Waals surface area contributed by atoms with E-state index in [2.05, 4.69) is 31.8 Å². The highest BCUT2D eigenvalue weighted by Gasteiger charge is 2.15. The maximum absolute atomic E-state index is 11.9. The third-order valence-corrected chi connectivity index (χ3v) is 5.07. The molecule has 0 radical (unpaired) electrons. The molecule has 0 atom stereocenters. The van der Waals surface area contributed by atoms with Crippen molar-refractivity contribution in [3.05, 3.63) is 46.1 Å². The van der Waals surface area contributed by atoms with E-state index in [1.54, 1.807) is 10.9 Å². The van der Waals surface area contributed by atoms with Crippen molar-refractivity contribution in [2.75, 3.05) is 10.5 Å². The molecule has 0 fully saturated rings. The van der Waals surface area contributed by atoms with E-state index < -0.39 is 10.0 Å². The summed E-state index contributed by atoms with van der Waals surface area (Å²) in [5.41, 5.74) is 2.31. The quantitative estimate of drug-likeness (QED) is 0.792. The van der Waals surface area contributed by atoms with Gasteiger partial charge in [-0.1, -0.05) is 43.2 Å². The Bertz CT molecular complexity index is 741. The number of anilines is 1. The van der Waals surface area contributed by atoms with E-state index in [1.165, 1.54) is 5.56 Å². The number of hydrogen-bond acceptors (Lipinski definition) is 3. The van der Waals surface area contributed by atoms with Gasteiger partial charge in [-0.05, 0) is 34.8 Å². The van der Waals surface area contributed by atoms with Crippen molar-refractivity contribution in [2.24, 2.45) is 0 Å². The zero-order chi connectivity index (χ0) is 16.2. The van der Waals surface area contributed by atoms with Crippen LogP contribution in [0.1, 0.15) is 30.9 Å². The number of nitrogens with one attached hydrogen (secondary N) is 1. The summed E-state index contributed by atoms with van der Waals surface area (Å²) < 4.78 is 28.8. The summed E-state index contributed by atoms with van der Waals surface area (Å²) in [7, 11) is -3.34. The molecule has 2 rings (SSSR count). The lowest BCUT2D eigenvalue weighted by Crippen LogP contribution is -2.17. The zero-order valence-corrected chi connectivity index (χ0v) is 15.1. The number of aromatic nitrogens is 2. The molecule has 0 spiro atoms. The first-order valence-electron chi connectivity index (χ1n) is 7.18. The molecule has 0 aliphatic rings. The first-order valence-corrected chi connectivity index (χ1v) is 9.63. The Labute approximate surface area is 139 Å². The van der Waals surface area contributed by atoms with E-state index >= 15 is 0 Å². The van der Waals surface area contributed by atoms with Crippen molar-refractivity contribution in [2.45, 2.75) is 33.2 Å². The van der Waals surface area contributed by atoms with Crippen molar-refractivity contribution in [1.29, 1.82) is 0 Å². The first kappa shape index (κ1) is 17.0. The maximum atomic E-state index is 11.9. The summed E-state index contributed by atoms with van der Waals surface area (Å²) >= 11 is 3.36. The molecule has 5 nitrogen and oxygen atoms in total. The molecule has 1 aromatic carbocycles. The first-order chi connectivity index (χ1) is 10.4. The third-order valence-electron chi connectivity index (χ3n) is 3.16. The van der Waals surface area contributed by atoms with Crippen LogP contribution in [0.25, 0.3) is 0 Å². The Morgan fingerprint density at radius 1 is 1.36 bits per heavy atom. The Morgan fingerprint density at radius 3 is 2.82 bits per heavy atom. The van der Waals surface area contributed by atoms with Gasteiger partial charge in [-0.25, -0.2) is 8.42 Å². The summed E-state index contributed by atoms with van der Waals surface area (Å²) in [6.45, 7) is 4.59. The van der Waals surface area contributed by atoms with Gasteiger partial charge < -0.3 is 0 Å².